The zero-order valence-electron chi connectivity index (χ0n) is 9.98. The molecule has 0 bridgehead atoms. The molecule has 0 aliphatic heterocycles. The van der Waals surface area contributed by atoms with Gasteiger partial charge in [-0.1, -0.05) is 30.7 Å². The van der Waals surface area contributed by atoms with E-state index in [0.29, 0.717) is 0 Å². The summed E-state index contributed by atoms with van der Waals surface area (Å²) in [6.45, 7) is 1.99. The predicted molar refractivity (Wildman–Crippen MR) is 66.8 cm³/mol. The first-order chi connectivity index (χ1) is 8.24. The van der Waals surface area contributed by atoms with E-state index in [1.807, 2.05) is 24.3 Å². The van der Waals surface area contributed by atoms with Crippen molar-refractivity contribution < 1.29 is 9.90 Å². The number of aliphatic carboxylic acids is 1. The van der Waals surface area contributed by atoms with E-state index in [2.05, 4.69) is 5.32 Å². The molecule has 0 heterocycles. The Balaban J connectivity index is 1.74. The number of hydrogen-bond acceptors (Lipinski definition) is 2. The molecule has 0 aromatic heterocycles. The van der Waals surface area contributed by atoms with Crippen LogP contribution < -0.4 is 5.32 Å². The second-order valence-electron chi connectivity index (χ2n) is 4.81. The average molecular weight is 233 g/mol. The number of carboxylic acids is 1. The van der Waals surface area contributed by atoms with Gasteiger partial charge in [0, 0.05) is 6.54 Å². The van der Waals surface area contributed by atoms with Crippen LogP contribution in [0.3, 0.4) is 0 Å². The summed E-state index contributed by atoms with van der Waals surface area (Å²) in [5.74, 6) is 0.0992. The molecular weight excluding hydrogens is 214 g/mol. The van der Waals surface area contributed by atoms with E-state index in [1.165, 1.54) is 24.8 Å². The van der Waals surface area contributed by atoms with Gasteiger partial charge in [-0.25, -0.2) is 0 Å². The van der Waals surface area contributed by atoms with E-state index >= 15 is 0 Å². The topological polar surface area (TPSA) is 49.3 Å². The Kier molecular flexibility index (Phi) is 4.15. The van der Waals surface area contributed by atoms with Gasteiger partial charge in [-0.3, -0.25) is 4.79 Å². The lowest BCUT2D eigenvalue weighted by molar-refractivity contribution is -0.136. The van der Waals surface area contributed by atoms with Crippen molar-refractivity contribution in [3.05, 3.63) is 35.4 Å². The maximum atomic E-state index is 10.5. The van der Waals surface area contributed by atoms with E-state index in [1.54, 1.807) is 0 Å². The normalized spacial score (nSPS) is 15.5. The summed E-state index contributed by atoms with van der Waals surface area (Å²) in [6, 6.07) is 7.81. The van der Waals surface area contributed by atoms with Crippen LogP contribution in [0, 0.1) is 5.92 Å². The number of hydrogen-bond donors (Lipinski definition) is 2. The molecule has 3 nitrogen and oxygen atoms in total. The van der Waals surface area contributed by atoms with E-state index in [0.717, 1.165) is 24.6 Å². The second-order valence-corrected chi connectivity index (χ2v) is 4.81. The van der Waals surface area contributed by atoms with E-state index in [9.17, 15) is 4.79 Å². The molecule has 1 aliphatic rings. The van der Waals surface area contributed by atoms with Crippen LogP contribution >= 0.6 is 0 Å². The zero-order chi connectivity index (χ0) is 12.1. The fourth-order valence-corrected chi connectivity index (χ4v) is 2.07. The Bertz CT molecular complexity index is 368. The Hall–Kier alpha value is -1.35. The van der Waals surface area contributed by atoms with Gasteiger partial charge in [0.2, 0.25) is 0 Å². The molecular formula is C14H19NO2. The molecule has 1 aromatic rings. The van der Waals surface area contributed by atoms with Crippen molar-refractivity contribution in [3.8, 4) is 0 Å². The van der Waals surface area contributed by atoms with Crippen molar-refractivity contribution in [1.82, 2.24) is 5.32 Å². The monoisotopic (exact) mass is 233 g/mol. The van der Waals surface area contributed by atoms with Gasteiger partial charge in [0.25, 0.3) is 0 Å². The third-order valence-electron chi connectivity index (χ3n) is 3.37. The molecule has 2 rings (SSSR count). The molecule has 2 N–H and O–H groups in total. The lowest BCUT2D eigenvalue weighted by Gasteiger charge is -2.25. The van der Waals surface area contributed by atoms with Gasteiger partial charge in [0.15, 0.2) is 0 Å². The summed E-state index contributed by atoms with van der Waals surface area (Å²) in [5, 5.41) is 12.1. The quantitative estimate of drug-likeness (QED) is 0.792. The van der Waals surface area contributed by atoms with Gasteiger partial charge in [0.05, 0.1) is 6.42 Å². The molecule has 3 heteroatoms. The molecule has 0 radical (unpaired) electrons. The van der Waals surface area contributed by atoms with Gasteiger partial charge in [-0.05, 0) is 36.4 Å². The summed E-state index contributed by atoms with van der Waals surface area (Å²) < 4.78 is 0. The Morgan fingerprint density at radius 3 is 2.41 bits per heavy atom. The number of rotatable bonds is 6. The fourth-order valence-electron chi connectivity index (χ4n) is 2.07. The summed E-state index contributed by atoms with van der Waals surface area (Å²) in [7, 11) is 0. The molecule has 0 spiro atoms. The summed E-state index contributed by atoms with van der Waals surface area (Å²) in [6.07, 6.45) is 4.22. The third-order valence-corrected chi connectivity index (χ3v) is 3.37. The molecule has 0 atom stereocenters. The van der Waals surface area contributed by atoms with Crippen molar-refractivity contribution >= 4 is 5.97 Å². The van der Waals surface area contributed by atoms with Crippen molar-refractivity contribution in [3.63, 3.8) is 0 Å². The van der Waals surface area contributed by atoms with Crippen LogP contribution in [0.15, 0.2) is 24.3 Å². The summed E-state index contributed by atoms with van der Waals surface area (Å²) >= 11 is 0. The van der Waals surface area contributed by atoms with Crippen LogP contribution in [-0.2, 0) is 17.8 Å². The van der Waals surface area contributed by atoms with Gasteiger partial charge in [0.1, 0.15) is 0 Å². The van der Waals surface area contributed by atoms with Gasteiger partial charge < -0.3 is 10.4 Å². The minimum atomic E-state index is -0.777. The largest absolute Gasteiger partial charge is 0.481 e. The van der Waals surface area contributed by atoms with Crippen LogP contribution in [0.2, 0.25) is 0 Å². The van der Waals surface area contributed by atoms with Crippen LogP contribution in [0.4, 0.5) is 0 Å². The average Bonchev–Trinajstić information content (AvgIpc) is 2.23. The molecule has 0 unspecified atom stereocenters. The van der Waals surface area contributed by atoms with Crippen LogP contribution in [0.5, 0.6) is 0 Å². The number of carboxylic acid groups (broad SMARTS) is 1. The van der Waals surface area contributed by atoms with E-state index in [-0.39, 0.29) is 6.42 Å². The molecule has 0 saturated heterocycles. The molecule has 1 aliphatic carbocycles. The highest BCUT2D eigenvalue weighted by atomic mass is 16.4. The Morgan fingerprint density at radius 1 is 1.24 bits per heavy atom. The van der Waals surface area contributed by atoms with Crippen LogP contribution in [0.25, 0.3) is 0 Å². The maximum absolute atomic E-state index is 10.5. The van der Waals surface area contributed by atoms with Gasteiger partial charge in [-0.15, -0.1) is 0 Å². The highest BCUT2D eigenvalue weighted by molar-refractivity contribution is 5.70. The number of nitrogens with one attached hydrogen (secondary N) is 1. The van der Waals surface area contributed by atoms with Gasteiger partial charge >= 0.3 is 5.97 Å². The molecule has 1 aromatic carbocycles. The molecule has 1 saturated carbocycles. The minimum Gasteiger partial charge on any atom is -0.481 e. The maximum Gasteiger partial charge on any atom is 0.307 e. The standard InChI is InChI=1S/C14H19NO2/c16-14(17)8-11-4-6-13(7-5-11)10-15-9-12-2-1-3-12/h4-7,12,15H,1-3,8-10H2,(H,16,17). The number of carbonyl (C=O) groups is 1. The SMILES string of the molecule is O=C(O)Cc1ccc(CNCC2CCC2)cc1. The van der Waals surface area contributed by atoms with Crippen molar-refractivity contribution in [1.29, 1.82) is 0 Å². The first-order valence-corrected chi connectivity index (χ1v) is 6.24. The highest BCUT2D eigenvalue weighted by Crippen LogP contribution is 2.25. The predicted octanol–water partition coefficient (Wildman–Crippen LogP) is 2.20. The second kappa shape index (κ2) is 5.82. The summed E-state index contributed by atoms with van der Waals surface area (Å²) in [5.41, 5.74) is 2.08. The lowest BCUT2D eigenvalue weighted by Crippen LogP contribution is -2.26. The number of benzene rings is 1. The Morgan fingerprint density at radius 2 is 1.88 bits per heavy atom. The zero-order valence-corrected chi connectivity index (χ0v) is 9.98. The Labute approximate surface area is 102 Å². The van der Waals surface area contributed by atoms with E-state index < -0.39 is 5.97 Å². The van der Waals surface area contributed by atoms with Crippen LogP contribution in [0.1, 0.15) is 30.4 Å². The smallest absolute Gasteiger partial charge is 0.307 e. The molecule has 92 valence electrons. The minimum absolute atomic E-state index is 0.107. The third kappa shape index (κ3) is 3.86. The highest BCUT2D eigenvalue weighted by Gasteiger charge is 2.16. The molecule has 17 heavy (non-hydrogen) atoms. The first kappa shape index (κ1) is 12.1. The van der Waals surface area contributed by atoms with E-state index in [4.69, 9.17) is 5.11 Å². The first-order valence-electron chi connectivity index (χ1n) is 6.24. The van der Waals surface area contributed by atoms with Crippen LogP contribution in [-0.4, -0.2) is 17.6 Å². The van der Waals surface area contributed by atoms with Crippen molar-refractivity contribution in [2.45, 2.75) is 32.2 Å². The summed E-state index contributed by atoms with van der Waals surface area (Å²) in [4.78, 5) is 10.5. The van der Waals surface area contributed by atoms with Crippen molar-refractivity contribution in [2.24, 2.45) is 5.92 Å². The van der Waals surface area contributed by atoms with Gasteiger partial charge in [-0.2, -0.15) is 0 Å². The fraction of sp³-hybridized carbons (Fsp3) is 0.500. The molecule has 0 amide bonds. The van der Waals surface area contributed by atoms with Crippen molar-refractivity contribution in [2.75, 3.05) is 6.54 Å². The molecule has 1 fully saturated rings. The lowest BCUT2D eigenvalue weighted by atomic mass is 9.85.